The average molecular weight is 362 g/mol. The van der Waals surface area contributed by atoms with E-state index < -0.39 is 12.1 Å². The lowest BCUT2D eigenvalue weighted by Crippen LogP contribution is -2.49. The first-order valence-corrected chi connectivity index (χ1v) is 8.72. The second-order valence-electron chi connectivity index (χ2n) is 6.57. The van der Waals surface area contributed by atoms with Crippen LogP contribution in [0.1, 0.15) is 31.7 Å². The van der Waals surface area contributed by atoms with Crippen molar-refractivity contribution in [1.29, 1.82) is 0 Å². The Labute approximate surface area is 153 Å². The molecule has 1 unspecified atom stereocenters. The molecule has 142 valence electrons. The molecule has 2 atom stereocenters. The van der Waals surface area contributed by atoms with E-state index in [-0.39, 0.29) is 24.3 Å². The zero-order chi connectivity index (χ0) is 19.1. The van der Waals surface area contributed by atoms with Gasteiger partial charge in [-0.3, -0.25) is 9.59 Å². The number of urea groups is 1. The molecule has 2 heterocycles. The van der Waals surface area contributed by atoms with Gasteiger partial charge in [0.15, 0.2) is 0 Å². The molecule has 1 aromatic heterocycles. The quantitative estimate of drug-likeness (QED) is 0.758. The van der Waals surface area contributed by atoms with E-state index >= 15 is 0 Å². The van der Waals surface area contributed by atoms with Crippen LogP contribution in [0.25, 0.3) is 0 Å². The topological polar surface area (TPSA) is 122 Å². The summed E-state index contributed by atoms with van der Waals surface area (Å²) in [4.78, 5) is 47.1. The second kappa shape index (κ2) is 9.12. The van der Waals surface area contributed by atoms with Crippen LogP contribution in [-0.2, 0) is 16.0 Å². The molecular formula is C17H26N6O3. The van der Waals surface area contributed by atoms with Crippen LogP contribution in [0, 0.1) is 0 Å². The molecule has 1 aliphatic heterocycles. The summed E-state index contributed by atoms with van der Waals surface area (Å²) in [7, 11) is 1.80. The number of hydrogen-bond donors (Lipinski definition) is 2. The molecule has 9 heteroatoms. The first-order chi connectivity index (χ1) is 12.4. The SMILES string of the molecule is C[C@H](NC(N)=O)C(=O)N1CCCC(N(C)C(=O)Cc2cncnc2)CC1. The van der Waals surface area contributed by atoms with Gasteiger partial charge in [-0.2, -0.15) is 0 Å². The van der Waals surface area contributed by atoms with Crippen LogP contribution in [0.4, 0.5) is 4.79 Å². The normalized spacial score (nSPS) is 18.5. The molecule has 1 aliphatic rings. The van der Waals surface area contributed by atoms with Gasteiger partial charge in [0.1, 0.15) is 12.4 Å². The smallest absolute Gasteiger partial charge is 0.312 e. The van der Waals surface area contributed by atoms with Crippen LogP contribution in [0.15, 0.2) is 18.7 Å². The Hall–Kier alpha value is -2.71. The molecule has 9 nitrogen and oxygen atoms in total. The minimum atomic E-state index is -0.714. The van der Waals surface area contributed by atoms with Crippen molar-refractivity contribution in [2.24, 2.45) is 5.73 Å². The van der Waals surface area contributed by atoms with Gasteiger partial charge in [0.25, 0.3) is 0 Å². The number of carbonyl (C=O) groups excluding carboxylic acids is 3. The van der Waals surface area contributed by atoms with E-state index in [9.17, 15) is 14.4 Å². The summed E-state index contributed by atoms with van der Waals surface area (Å²) < 4.78 is 0. The van der Waals surface area contributed by atoms with Gasteiger partial charge in [0.05, 0.1) is 6.42 Å². The van der Waals surface area contributed by atoms with Gasteiger partial charge in [-0.05, 0) is 31.7 Å². The third-order valence-electron chi connectivity index (χ3n) is 4.65. The van der Waals surface area contributed by atoms with Gasteiger partial charge in [0, 0.05) is 38.6 Å². The van der Waals surface area contributed by atoms with Crippen molar-refractivity contribution in [2.45, 2.75) is 44.7 Å². The summed E-state index contributed by atoms with van der Waals surface area (Å²) in [5, 5.41) is 2.41. The monoisotopic (exact) mass is 362 g/mol. The molecule has 4 amide bonds. The van der Waals surface area contributed by atoms with Gasteiger partial charge in [-0.25, -0.2) is 14.8 Å². The molecule has 1 aromatic rings. The molecule has 0 bridgehead atoms. The fourth-order valence-electron chi connectivity index (χ4n) is 3.16. The lowest BCUT2D eigenvalue weighted by Gasteiger charge is -2.28. The summed E-state index contributed by atoms with van der Waals surface area (Å²) in [6.07, 6.45) is 7.29. The van der Waals surface area contributed by atoms with Crippen molar-refractivity contribution >= 4 is 17.8 Å². The fourth-order valence-corrected chi connectivity index (χ4v) is 3.16. The second-order valence-corrected chi connectivity index (χ2v) is 6.57. The highest BCUT2D eigenvalue weighted by Crippen LogP contribution is 2.17. The molecule has 0 aromatic carbocycles. The van der Waals surface area contributed by atoms with Crippen molar-refractivity contribution in [3.05, 3.63) is 24.3 Å². The lowest BCUT2D eigenvalue weighted by molar-refractivity contribution is -0.132. The van der Waals surface area contributed by atoms with Gasteiger partial charge in [0.2, 0.25) is 11.8 Å². The summed E-state index contributed by atoms with van der Waals surface area (Å²) >= 11 is 0. The van der Waals surface area contributed by atoms with E-state index in [4.69, 9.17) is 5.73 Å². The molecule has 1 fully saturated rings. The van der Waals surface area contributed by atoms with Crippen molar-refractivity contribution < 1.29 is 14.4 Å². The minimum Gasteiger partial charge on any atom is -0.352 e. The highest BCUT2D eigenvalue weighted by molar-refractivity contribution is 5.86. The Morgan fingerprint density at radius 3 is 2.65 bits per heavy atom. The van der Waals surface area contributed by atoms with Crippen molar-refractivity contribution in [1.82, 2.24) is 25.1 Å². The molecule has 26 heavy (non-hydrogen) atoms. The van der Waals surface area contributed by atoms with Gasteiger partial charge >= 0.3 is 6.03 Å². The van der Waals surface area contributed by atoms with E-state index in [2.05, 4.69) is 15.3 Å². The average Bonchev–Trinajstić information content (AvgIpc) is 2.86. The van der Waals surface area contributed by atoms with Crippen LogP contribution in [0.5, 0.6) is 0 Å². The number of nitrogens with two attached hydrogens (primary N) is 1. The number of primary amides is 1. The summed E-state index contributed by atoms with van der Waals surface area (Å²) in [5.41, 5.74) is 5.85. The molecule has 1 saturated heterocycles. The predicted octanol–water partition coefficient (Wildman–Crippen LogP) is -0.0846. The Bertz CT molecular complexity index is 639. The number of nitrogens with zero attached hydrogens (tertiary/aromatic N) is 4. The molecule has 0 aliphatic carbocycles. The Morgan fingerprint density at radius 2 is 2.00 bits per heavy atom. The van der Waals surface area contributed by atoms with Crippen molar-refractivity contribution in [2.75, 3.05) is 20.1 Å². The number of carbonyl (C=O) groups is 3. The maximum atomic E-state index is 12.5. The maximum absolute atomic E-state index is 12.5. The zero-order valence-corrected chi connectivity index (χ0v) is 15.2. The number of amides is 4. The number of aromatic nitrogens is 2. The number of likely N-dealkylation sites (tertiary alicyclic amines) is 1. The first-order valence-electron chi connectivity index (χ1n) is 8.72. The minimum absolute atomic E-state index is 0.00772. The van der Waals surface area contributed by atoms with Crippen LogP contribution in [0.3, 0.4) is 0 Å². The number of rotatable bonds is 5. The van der Waals surface area contributed by atoms with Crippen molar-refractivity contribution in [3.8, 4) is 0 Å². The number of likely N-dealkylation sites (N-methyl/N-ethyl adjacent to an activating group) is 1. The van der Waals surface area contributed by atoms with E-state index in [0.717, 1.165) is 18.4 Å². The largest absolute Gasteiger partial charge is 0.352 e. The summed E-state index contributed by atoms with van der Waals surface area (Å²) in [6.45, 7) is 2.77. The van der Waals surface area contributed by atoms with Crippen molar-refractivity contribution in [3.63, 3.8) is 0 Å². The van der Waals surface area contributed by atoms with E-state index in [1.807, 2.05) is 0 Å². The van der Waals surface area contributed by atoms with Gasteiger partial charge < -0.3 is 20.9 Å². The Morgan fingerprint density at radius 1 is 1.31 bits per heavy atom. The molecule has 3 N–H and O–H groups in total. The van der Waals surface area contributed by atoms with E-state index in [1.165, 1.54) is 6.33 Å². The third kappa shape index (κ3) is 5.40. The Kier molecular flexibility index (Phi) is 6.88. The molecule has 0 radical (unpaired) electrons. The standard InChI is InChI=1S/C17H26N6O3/c1-12(21-17(18)26)16(25)23-6-3-4-14(5-7-23)22(2)15(24)8-13-9-19-11-20-10-13/h9-12,14H,3-8H2,1-2H3,(H3,18,21,26)/t12-,14?/m0/s1. The predicted molar refractivity (Wildman–Crippen MR) is 94.9 cm³/mol. The summed E-state index contributed by atoms with van der Waals surface area (Å²) in [6, 6.07) is -1.29. The molecular weight excluding hydrogens is 336 g/mol. The fraction of sp³-hybridized carbons (Fsp3) is 0.588. The van der Waals surface area contributed by atoms with Gasteiger partial charge in [-0.1, -0.05) is 0 Å². The first kappa shape index (κ1) is 19.6. The van der Waals surface area contributed by atoms with Gasteiger partial charge in [-0.15, -0.1) is 0 Å². The molecule has 0 saturated carbocycles. The van der Waals surface area contributed by atoms with Crippen LogP contribution in [0.2, 0.25) is 0 Å². The lowest BCUT2D eigenvalue weighted by atomic mass is 10.1. The maximum Gasteiger partial charge on any atom is 0.312 e. The molecule has 0 spiro atoms. The Balaban J connectivity index is 1.89. The zero-order valence-electron chi connectivity index (χ0n) is 15.2. The number of nitrogens with one attached hydrogen (secondary N) is 1. The van der Waals surface area contributed by atoms with Crippen LogP contribution >= 0.6 is 0 Å². The van der Waals surface area contributed by atoms with E-state index in [1.54, 1.807) is 36.2 Å². The number of hydrogen-bond acceptors (Lipinski definition) is 5. The van der Waals surface area contributed by atoms with Crippen LogP contribution in [-0.4, -0.2) is 69.8 Å². The highest BCUT2D eigenvalue weighted by atomic mass is 16.2. The van der Waals surface area contributed by atoms with E-state index in [0.29, 0.717) is 19.5 Å². The summed E-state index contributed by atoms with van der Waals surface area (Å²) in [5.74, 6) is -0.145. The molecule has 2 rings (SSSR count). The third-order valence-corrected chi connectivity index (χ3v) is 4.65. The van der Waals surface area contributed by atoms with Crippen LogP contribution < -0.4 is 11.1 Å². The highest BCUT2D eigenvalue weighted by Gasteiger charge is 2.27.